The average Bonchev–Trinajstić information content (AvgIpc) is 2.03. The maximum Gasteiger partial charge on any atom is 1.00 e. The number of aromatic carboxylic acids is 2. The van der Waals surface area contributed by atoms with E-state index in [2.05, 4.69) is 20.9 Å². The van der Waals surface area contributed by atoms with Crippen LogP contribution >= 0.6 is 15.9 Å². The Morgan fingerprint density at radius 1 is 1.50 bits per heavy atom. The van der Waals surface area contributed by atoms with Crippen LogP contribution in [0.1, 0.15) is 20.8 Å². The van der Waals surface area contributed by atoms with Crippen LogP contribution in [-0.2, 0) is 0 Å². The Labute approximate surface area is 110 Å². The number of aromatic nitrogens is 1. The molecule has 0 radical (unpaired) electrons. The molecular formula is C7H3BrNNaO4. The predicted molar refractivity (Wildman–Crippen MR) is 43.2 cm³/mol. The Morgan fingerprint density at radius 2 is 2.07 bits per heavy atom. The zero-order chi connectivity index (χ0) is 10.0. The van der Waals surface area contributed by atoms with Crippen molar-refractivity contribution < 1.29 is 49.4 Å². The number of hydrogen-bond donors (Lipinski definition) is 1. The molecule has 0 aliphatic carbocycles. The molecule has 1 heterocycles. The van der Waals surface area contributed by atoms with E-state index in [0.29, 0.717) is 4.47 Å². The molecule has 1 rings (SSSR count). The Hall–Kier alpha value is -0.430. The van der Waals surface area contributed by atoms with Gasteiger partial charge < -0.3 is 15.0 Å². The van der Waals surface area contributed by atoms with Gasteiger partial charge in [0.1, 0.15) is 5.69 Å². The fourth-order valence-corrected chi connectivity index (χ4v) is 1.10. The molecule has 68 valence electrons. The SMILES string of the molecule is O=C(O)c1cc(Br)cnc1C(=O)[O-].[Na+]. The first-order valence-corrected chi connectivity index (χ1v) is 3.92. The second-order valence-electron chi connectivity index (χ2n) is 2.14. The molecule has 1 N–H and O–H groups in total. The van der Waals surface area contributed by atoms with Gasteiger partial charge in [-0.15, -0.1) is 0 Å². The summed E-state index contributed by atoms with van der Waals surface area (Å²) < 4.78 is 0.398. The van der Waals surface area contributed by atoms with Crippen molar-refractivity contribution in [2.75, 3.05) is 0 Å². The number of halogens is 1. The van der Waals surface area contributed by atoms with E-state index >= 15 is 0 Å². The van der Waals surface area contributed by atoms with E-state index in [9.17, 15) is 14.7 Å². The summed E-state index contributed by atoms with van der Waals surface area (Å²) in [6.07, 6.45) is 1.19. The molecule has 0 spiro atoms. The molecule has 0 aliphatic rings. The number of carboxylic acid groups (broad SMARTS) is 2. The van der Waals surface area contributed by atoms with Gasteiger partial charge in [0.15, 0.2) is 0 Å². The number of hydrogen-bond acceptors (Lipinski definition) is 4. The number of carboxylic acids is 2. The monoisotopic (exact) mass is 267 g/mol. The molecule has 1 aromatic rings. The quantitative estimate of drug-likeness (QED) is 0.574. The minimum atomic E-state index is -1.61. The van der Waals surface area contributed by atoms with Crippen LogP contribution in [0.25, 0.3) is 0 Å². The Bertz CT molecular complexity index is 382. The van der Waals surface area contributed by atoms with Gasteiger partial charge in [0.05, 0.1) is 11.5 Å². The van der Waals surface area contributed by atoms with Crippen LogP contribution in [0, 0.1) is 0 Å². The minimum absolute atomic E-state index is 0. The summed E-state index contributed by atoms with van der Waals surface area (Å²) in [6.45, 7) is 0. The van der Waals surface area contributed by atoms with Crippen LogP contribution in [0.15, 0.2) is 16.7 Å². The van der Waals surface area contributed by atoms with Crippen LogP contribution in [0.2, 0.25) is 0 Å². The van der Waals surface area contributed by atoms with Crippen LogP contribution in [0.5, 0.6) is 0 Å². The van der Waals surface area contributed by atoms with Gasteiger partial charge >= 0.3 is 35.5 Å². The molecule has 0 aromatic carbocycles. The first-order valence-electron chi connectivity index (χ1n) is 3.12. The van der Waals surface area contributed by atoms with Crippen molar-refractivity contribution in [3.63, 3.8) is 0 Å². The molecule has 14 heavy (non-hydrogen) atoms. The van der Waals surface area contributed by atoms with Gasteiger partial charge in [-0.05, 0) is 22.0 Å². The van der Waals surface area contributed by atoms with E-state index < -0.39 is 23.2 Å². The fourth-order valence-electron chi connectivity index (χ4n) is 0.765. The number of rotatable bonds is 2. The van der Waals surface area contributed by atoms with Crippen molar-refractivity contribution in [3.05, 3.63) is 28.0 Å². The molecule has 7 heteroatoms. The molecule has 0 amide bonds. The third-order valence-corrected chi connectivity index (χ3v) is 1.71. The molecule has 0 atom stereocenters. The summed E-state index contributed by atoms with van der Waals surface area (Å²) in [7, 11) is 0. The molecule has 1 aromatic heterocycles. The molecule has 0 saturated carbocycles. The van der Waals surface area contributed by atoms with Gasteiger partial charge in [-0.25, -0.2) is 4.79 Å². The Kier molecular flexibility index (Phi) is 5.28. The van der Waals surface area contributed by atoms with E-state index in [1.165, 1.54) is 6.20 Å². The maximum absolute atomic E-state index is 10.5. The first-order chi connectivity index (χ1) is 6.02. The van der Waals surface area contributed by atoms with E-state index in [-0.39, 0.29) is 29.6 Å². The summed E-state index contributed by atoms with van der Waals surface area (Å²) >= 11 is 2.97. The summed E-state index contributed by atoms with van der Waals surface area (Å²) in [5.41, 5.74) is -0.968. The number of pyridine rings is 1. The van der Waals surface area contributed by atoms with Crippen LogP contribution in [0.3, 0.4) is 0 Å². The van der Waals surface area contributed by atoms with E-state index in [4.69, 9.17) is 5.11 Å². The van der Waals surface area contributed by atoms with Crippen molar-refractivity contribution in [3.8, 4) is 0 Å². The summed E-state index contributed by atoms with van der Waals surface area (Å²) in [5, 5.41) is 19.0. The summed E-state index contributed by atoms with van der Waals surface area (Å²) in [4.78, 5) is 24.3. The van der Waals surface area contributed by atoms with Crippen molar-refractivity contribution in [1.29, 1.82) is 0 Å². The standard InChI is InChI=1S/C7H4BrNO4.Na/c8-3-1-4(6(10)11)5(7(12)13)9-2-3;/h1-2H,(H,10,11)(H,12,13);/q;+1/p-1. The number of nitrogens with zero attached hydrogens (tertiary/aromatic N) is 1. The molecular weight excluding hydrogens is 265 g/mol. The van der Waals surface area contributed by atoms with Crippen molar-refractivity contribution in [2.24, 2.45) is 0 Å². The van der Waals surface area contributed by atoms with E-state index in [1.54, 1.807) is 0 Å². The molecule has 0 fully saturated rings. The fraction of sp³-hybridized carbons (Fsp3) is 0. The molecule has 0 aliphatic heterocycles. The van der Waals surface area contributed by atoms with Gasteiger partial charge in [0.2, 0.25) is 0 Å². The summed E-state index contributed by atoms with van der Waals surface area (Å²) in [5.74, 6) is -2.96. The summed E-state index contributed by atoms with van der Waals surface area (Å²) in [6, 6.07) is 1.15. The Balaban J connectivity index is 0.00000169. The van der Waals surface area contributed by atoms with Crippen LogP contribution in [-0.4, -0.2) is 22.0 Å². The van der Waals surface area contributed by atoms with Gasteiger partial charge in [-0.1, -0.05) is 0 Å². The third-order valence-electron chi connectivity index (χ3n) is 1.28. The second kappa shape index (κ2) is 5.45. The average molecular weight is 268 g/mol. The first kappa shape index (κ1) is 13.6. The normalized spacial score (nSPS) is 8.93. The second-order valence-corrected chi connectivity index (χ2v) is 3.06. The van der Waals surface area contributed by atoms with Gasteiger partial charge in [-0.3, -0.25) is 4.98 Å². The maximum atomic E-state index is 10.5. The van der Waals surface area contributed by atoms with E-state index in [1.807, 2.05) is 0 Å². The Morgan fingerprint density at radius 3 is 2.50 bits per heavy atom. The van der Waals surface area contributed by atoms with E-state index in [0.717, 1.165) is 6.07 Å². The smallest absolute Gasteiger partial charge is 0.543 e. The minimum Gasteiger partial charge on any atom is -0.543 e. The molecule has 0 bridgehead atoms. The molecule has 0 saturated heterocycles. The largest absolute Gasteiger partial charge is 1.00 e. The number of carbonyl (C=O) groups excluding carboxylic acids is 1. The van der Waals surface area contributed by atoms with Crippen molar-refractivity contribution in [2.45, 2.75) is 0 Å². The molecule has 0 unspecified atom stereocenters. The van der Waals surface area contributed by atoms with Gasteiger partial charge in [0.25, 0.3) is 0 Å². The van der Waals surface area contributed by atoms with Gasteiger partial charge in [0, 0.05) is 10.7 Å². The number of carbonyl (C=O) groups is 2. The van der Waals surface area contributed by atoms with Crippen LogP contribution < -0.4 is 34.7 Å². The predicted octanol–water partition coefficient (Wildman–Crippen LogP) is -3.09. The van der Waals surface area contributed by atoms with Crippen molar-refractivity contribution >= 4 is 27.9 Å². The third kappa shape index (κ3) is 3.06. The molecule has 5 nitrogen and oxygen atoms in total. The topological polar surface area (TPSA) is 90.3 Å². The zero-order valence-electron chi connectivity index (χ0n) is 7.15. The van der Waals surface area contributed by atoms with Gasteiger partial charge in [-0.2, -0.15) is 0 Å². The van der Waals surface area contributed by atoms with Crippen molar-refractivity contribution in [1.82, 2.24) is 4.98 Å². The zero-order valence-corrected chi connectivity index (χ0v) is 10.7. The van der Waals surface area contributed by atoms with Crippen LogP contribution in [0.4, 0.5) is 0 Å².